The van der Waals surface area contributed by atoms with Crippen molar-refractivity contribution in [2.45, 2.75) is 52.2 Å². The fraction of sp³-hybridized carbons (Fsp3) is 0.636. The first-order valence-corrected chi connectivity index (χ1v) is 10.9. The Morgan fingerprint density at radius 2 is 1.88 bits per heavy atom. The molecule has 2 saturated heterocycles. The summed E-state index contributed by atoms with van der Waals surface area (Å²) < 4.78 is 16.1. The Kier molecular flexibility index (Phi) is 6.80. The Morgan fingerprint density at radius 3 is 2.41 bits per heavy atom. The zero-order chi connectivity index (χ0) is 23.6. The molecule has 3 heterocycles. The van der Waals surface area contributed by atoms with E-state index >= 15 is 0 Å². The van der Waals surface area contributed by atoms with Gasteiger partial charge in [0.1, 0.15) is 17.4 Å². The average molecular weight is 450 g/mol. The minimum absolute atomic E-state index is 0.140. The van der Waals surface area contributed by atoms with Crippen LogP contribution in [0.2, 0.25) is 0 Å². The van der Waals surface area contributed by atoms with Crippen LogP contribution in [0.5, 0.6) is 0 Å². The topological polar surface area (TPSA) is 118 Å². The molecule has 0 aromatic carbocycles. The minimum atomic E-state index is -1.27. The molecule has 1 N–H and O–H groups in total. The number of nitrogens with one attached hydrogen (secondary N) is 1. The maximum absolute atomic E-state index is 13.0. The molecule has 3 rings (SSSR count). The summed E-state index contributed by atoms with van der Waals surface area (Å²) in [6.45, 7) is 8.08. The van der Waals surface area contributed by atoms with E-state index < -0.39 is 35.5 Å². The van der Waals surface area contributed by atoms with Crippen LogP contribution in [0.15, 0.2) is 10.5 Å². The Morgan fingerprint density at radius 1 is 1.22 bits per heavy atom. The molecule has 1 spiro atoms. The molecule has 0 radical (unpaired) electrons. The third kappa shape index (κ3) is 4.05. The number of alkyl carbamates (subject to hydrolysis) is 1. The fourth-order valence-electron chi connectivity index (χ4n) is 4.79. The first kappa shape index (κ1) is 23.6. The van der Waals surface area contributed by atoms with Crippen LogP contribution in [0.3, 0.4) is 0 Å². The third-order valence-electron chi connectivity index (χ3n) is 6.41. The Labute approximate surface area is 187 Å². The maximum atomic E-state index is 13.0. The predicted octanol–water partition coefficient (Wildman–Crippen LogP) is 1.64. The number of rotatable bonds is 5. The van der Waals surface area contributed by atoms with Crippen molar-refractivity contribution in [1.29, 1.82) is 0 Å². The summed E-state index contributed by atoms with van der Waals surface area (Å²) in [7, 11) is 1.61. The number of nitrogens with zero attached hydrogens (tertiary/aromatic N) is 2. The molecule has 0 aliphatic carbocycles. The van der Waals surface area contributed by atoms with E-state index in [0.29, 0.717) is 49.6 Å². The van der Waals surface area contributed by atoms with Crippen molar-refractivity contribution in [2.75, 3.05) is 33.3 Å². The van der Waals surface area contributed by atoms with Crippen molar-refractivity contribution in [3.05, 3.63) is 23.2 Å². The molecule has 10 nitrogen and oxygen atoms in total. The number of furan rings is 1. The lowest BCUT2D eigenvalue weighted by Crippen LogP contribution is -2.57. The molecular formula is C22H31N3O7. The summed E-state index contributed by atoms with van der Waals surface area (Å²) in [6, 6.07) is 1.71. The Bertz CT molecular complexity index is 901. The van der Waals surface area contributed by atoms with Gasteiger partial charge in [-0.1, -0.05) is 0 Å². The lowest BCUT2D eigenvalue weighted by Gasteiger charge is -2.45. The normalized spacial score (nSPS) is 22.2. The SMILES string of the molecule is CCNC(=O)O[C@H]1C(=O)N(C)C2(CCN(C(=O)c3cc(C)oc3C)CC2)[C@@H]1C(=O)OCC. The number of hydrogen-bond donors (Lipinski definition) is 1. The van der Waals surface area contributed by atoms with Crippen LogP contribution in [0.4, 0.5) is 4.79 Å². The summed E-state index contributed by atoms with van der Waals surface area (Å²) in [5, 5.41) is 2.49. The van der Waals surface area contributed by atoms with Crippen molar-refractivity contribution in [1.82, 2.24) is 15.1 Å². The molecule has 32 heavy (non-hydrogen) atoms. The number of hydrogen-bond acceptors (Lipinski definition) is 7. The second-order valence-electron chi connectivity index (χ2n) is 8.21. The number of amides is 3. The van der Waals surface area contributed by atoms with E-state index in [1.165, 1.54) is 4.90 Å². The summed E-state index contributed by atoms with van der Waals surface area (Å²) in [5.41, 5.74) is -0.396. The number of piperidine rings is 1. The van der Waals surface area contributed by atoms with Gasteiger partial charge in [0.25, 0.3) is 11.8 Å². The number of aryl methyl sites for hydroxylation is 2. The molecule has 1 aromatic heterocycles. The average Bonchev–Trinajstić information content (AvgIpc) is 3.18. The van der Waals surface area contributed by atoms with Gasteiger partial charge in [0.2, 0.25) is 0 Å². The first-order valence-electron chi connectivity index (χ1n) is 10.9. The predicted molar refractivity (Wildman–Crippen MR) is 113 cm³/mol. The number of likely N-dealkylation sites (N-methyl/N-ethyl adjacent to an activating group) is 1. The van der Waals surface area contributed by atoms with Crippen LogP contribution < -0.4 is 5.32 Å². The van der Waals surface area contributed by atoms with Crippen LogP contribution in [-0.4, -0.2) is 78.6 Å². The standard InChI is InChI=1S/C22H31N3O7/c1-6-23-21(29)32-17-16(20(28)30-7-2)22(24(5)19(17)27)8-10-25(11-9-22)18(26)15-12-13(3)31-14(15)4/h12,16-17H,6-11H2,1-5H3,(H,23,29)/t16-,17+/m0/s1. The van der Waals surface area contributed by atoms with Gasteiger partial charge < -0.3 is 29.0 Å². The van der Waals surface area contributed by atoms with Crippen LogP contribution in [-0.2, 0) is 19.1 Å². The highest BCUT2D eigenvalue weighted by atomic mass is 16.6. The molecule has 10 heteroatoms. The van der Waals surface area contributed by atoms with E-state index in [-0.39, 0.29) is 12.5 Å². The Hall–Kier alpha value is -3.04. The second-order valence-corrected chi connectivity index (χ2v) is 8.21. The number of esters is 1. The van der Waals surface area contributed by atoms with Gasteiger partial charge in [0.15, 0.2) is 6.10 Å². The lowest BCUT2D eigenvalue weighted by molar-refractivity contribution is -0.156. The minimum Gasteiger partial charge on any atom is -0.466 e. The number of carbonyl (C=O) groups excluding carboxylic acids is 4. The first-order chi connectivity index (χ1) is 15.2. The molecular weight excluding hydrogens is 418 g/mol. The van der Waals surface area contributed by atoms with Gasteiger partial charge in [-0.3, -0.25) is 14.4 Å². The van der Waals surface area contributed by atoms with Crippen molar-refractivity contribution >= 4 is 23.9 Å². The van der Waals surface area contributed by atoms with Gasteiger partial charge in [-0.25, -0.2) is 4.79 Å². The van der Waals surface area contributed by atoms with Gasteiger partial charge in [0.05, 0.1) is 17.7 Å². The van der Waals surface area contributed by atoms with Gasteiger partial charge >= 0.3 is 12.1 Å². The van der Waals surface area contributed by atoms with E-state index in [2.05, 4.69) is 5.32 Å². The van der Waals surface area contributed by atoms with E-state index in [0.717, 1.165) is 0 Å². The van der Waals surface area contributed by atoms with E-state index in [4.69, 9.17) is 13.9 Å². The number of carbonyl (C=O) groups is 4. The van der Waals surface area contributed by atoms with Crippen molar-refractivity contribution < 1.29 is 33.1 Å². The molecule has 2 fully saturated rings. The van der Waals surface area contributed by atoms with E-state index in [1.807, 2.05) is 0 Å². The van der Waals surface area contributed by atoms with Crippen molar-refractivity contribution in [3.8, 4) is 0 Å². The van der Waals surface area contributed by atoms with E-state index in [9.17, 15) is 19.2 Å². The van der Waals surface area contributed by atoms with Gasteiger partial charge in [-0.2, -0.15) is 0 Å². The molecule has 0 bridgehead atoms. The van der Waals surface area contributed by atoms with Crippen molar-refractivity contribution in [2.24, 2.45) is 5.92 Å². The summed E-state index contributed by atoms with van der Waals surface area (Å²) in [6.07, 6.45) is -1.32. The number of ether oxygens (including phenoxy) is 2. The van der Waals surface area contributed by atoms with Crippen LogP contribution >= 0.6 is 0 Å². The van der Waals surface area contributed by atoms with Crippen LogP contribution in [0.25, 0.3) is 0 Å². The van der Waals surface area contributed by atoms with Crippen LogP contribution in [0.1, 0.15) is 48.6 Å². The van der Waals surface area contributed by atoms with Crippen LogP contribution in [0, 0.1) is 19.8 Å². The van der Waals surface area contributed by atoms with Gasteiger partial charge in [0, 0.05) is 26.7 Å². The molecule has 2 aliphatic heterocycles. The summed E-state index contributed by atoms with van der Waals surface area (Å²) in [4.78, 5) is 54.2. The highest BCUT2D eigenvalue weighted by Gasteiger charge is 2.63. The molecule has 3 amide bonds. The molecule has 2 atom stereocenters. The summed E-state index contributed by atoms with van der Waals surface area (Å²) >= 11 is 0. The third-order valence-corrected chi connectivity index (χ3v) is 6.41. The maximum Gasteiger partial charge on any atom is 0.407 e. The fourth-order valence-corrected chi connectivity index (χ4v) is 4.79. The smallest absolute Gasteiger partial charge is 0.407 e. The Balaban J connectivity index is 1.84. The number of likely N-dealkylation sites (tertiary alicyclic amines) is 2. The highest BCUT2D eigenvalue weighted by molar-refractivity contribution is 5.96. The second kappa shape index (κ2) is 9.22. The largest absolute Gasteiger partial charge is 0.466 e. The lowest BCUT2D eigenvalue weighted by atomic mass is 9.76. The zero-order valence-corrected chi connectivity index (χ0v) is 19.2. The summed E-state index contributed by atoms with van der Waals surface area (Å²) in [5.74, 6) is -0.938. The van der Waals surface area contributed by atoms with Crippen molar-refractivity contribution in [3.63, 3.8) is 0 Å². The molecule has 0 saturated carbocycles. The van der Waals surface area contributed by atoms with Gasteiger partial charge in [-0.05, 0) is 46.6 Å². The molecule has 2 aliphatic rings. The van der Waals surface area contributed by atoms with Gasteiger partial charge in [-0.15, -0.1) is 0 Å². The zero-order valence-electron chi connectivity index (χ0n) is 19.2. The molecule has 1 aromatic rings. The van der Waals surface area contributed by atoms with E-state index in [1.54, 1.807) is 45.7 Å². The highest BCUT2D eigenvalue weighted by Crippen LogP contribution is 2.45. The molecule has 0 unspecified atom stereocenters. The molecule has 176 valence electrons. The monoisotopic (exact) mass is 449 g/mol. The quantitative estimate of drug-likeness (QED) is 0.679.